The largest absolute Gasteiger partial charge is 0.481 e. The molecular weight excluding hydrogens is 214 g/mol. The number of carbonyl (C=O) groups is 1. The minimum Gasteiger partial charge on any atom is -0.481 e. The highest BCUT2D eigenvalue weighted by atomic mass is 16.4. The maximum absolute atomic E-state index is 10.9. The first-order chi connectivity index (χ1) is 8.00. The van der Waals surface area contributed by atoms with E-state index in [0.29, 0.717) is 6.42 Å². The lowest BCUT2D eigenvalue weighted by atomic mass is 9.87. The molecule has 0 aliphatic carbocycles. The second-order valence-electron chi connectivity index (χ2n) is 5.32. The number of nitriles is 1. The van der Waals surface area contributed by atoms with E-state index in [2.05, 4.69) is 6.07 Å². The van der Waals surface area contributed by atoms with E-state index < -0.39 is 11.4 Å². The lowest BCUT2D eigenvalue weighted by molar-refractivity contribution is -0.147. The van der Waals surface area contributed by atoms with Crippen molar-refractivity contribution in [1.82, 2.24) is 0 Å². The normalized spacial score (nSPS) is 11.1. The summed E-state index contributed by atoms with van der Waals surface area (Å²) in [5.74, 6) is -0.700. The highest BCUT2D eigenvalue weighted by molar-refractivity contribution is 5.73. The maximum Gasteiger partial charge on any atom is 0.309 e. The van der Waals surface area contributed by atoms with Crippen LogP contribution in [0.25, 0.3) is 0 Å². The van der Waals surface area contributed by atoms with Gasteiger partial charge in [0.2, 0.25) is 0 Å². The van der Waals surface area contributed by atoms with Crippen molar-refractivity contribution in [2.75, 3.05) is 0 Å². The fourth-order valence-electron chi connectivity index (χ4n) is 1.76. The fourth-order valence-corrected chi connectivity index (χ4v) is 1.76. The summed E-state index contributed by atoms with van der Waals surface area (Å²) in [5, 5.41) is 17.3. The molecule has 98 valence electrons. The Morgan fingerprint density at radius 3 is 2.00 bits per heavy atom. The Labute approximate surface area is 105 Å². The molecule has 0 atom stereocenters. The predicted octanol–water partition coefficient (Wildman–Crippen LogP) is 4.13. The van der Waals surface area contributed by atoms with Crippen LogP contribution in [0, 0.1) is 16.7 Å². The van der Waals surface area contributed by atoms with Crippen molar-refractivity contribution in [3.8, 4) is 6.07 Å². The zero-order valence-corrected chi connectivity index (χ0v) is 11.2. The Morgan fingerprint density at radius 2 is 1.53 bits per heavy atom. The van der Waals surface area contributed by atoms with Crippen molar-refractivity contribution in [2.45, 2.75) is 71.6 Å². The molecule has 17 heavy (non-hydrogen) atoms. The minimum atomic E-state index is -0.700. The molecule has 0 fully saturated rings. The van der Waals surface area contributed by atoms with E-state index >= 15 is 0 Å². The molecule has 0 heterocycles. The molecule has 0 aromatic rings. The lowest BCUT2D eigenvalue weighted by Crippen LogP contribution is -2.23. The van der Waals surface area contributed by atoms with Gasteiger partial charge in [0.25, 0.3) is 0 Å². The number of hydrogen-bond donors (Lipinski definition) is 1. The number of hydrogen-bond acceptors (Lipinski definition) is 2. The van der Waals surface area contributed by atoms with Gasteiger partial charge < -0.3 is 5.11 Å². The van der Waals surface area contributed by atoms with Gasteiger partial charge in [-0.15, -0.1) is 0 Å². The molecule has 0 spiro atoms. The smallest absolute Gasteiger partial charge is 0.309 e. The molecule has 3 heteroatoms. The molecule has 3 nitrogen and oxygen atoms in total. The Morgan fingerprint density at radius 1 is 1.06 bits per heavy atom. The third kappa shape index (κ3) is 8.74. The van der Waals surface area contributed by atoms with Gasteiger partial charge in [-0.3, -0.25) is 4.79 Å². The van der Waals surface area contributed by atoms with Gasteiger partial charge in [-0.2, -0.15) is 5.26 Å². The first-order valence-corrected chi connectivity index (χ1v) is 6.61. The van der Waals surface area contributed by atoms with Gasteiger partial charge in [0.05, 0.1) is 11.5 Å². The number of carboxylic acids is 1. The van der Waals surface area contributed by atoms with Crippen molar-refractivity contribution in [3.05, 3.63) is 0 Å². The predicted molar refractivity (Wildman–Crippen MR) is 68.6 cm³/mol. The van der Waals surface area contributed by atoms with E-state index in [-0.39, 0.29) is 0 Å². The molecule has 0 bridgehead atoms. The van der Waals surface area contributed by atoms with E-state index in [4.69, 9.17) is 10.4 Å². The number of nitrogens with zero attached hydrogens (tertiary/aromatic N) is 1. The van der Waals surface area contributed by atoms with E-state index in [1.54, 1.807) is 13.8 Å². The summed E-state index contributed by atoms with van der Waals surface area (Å²) in [7, 11) is 0. The molecule has 0 unspecified atom stereocenters. The number of rotatable bonds is 10. The molecule has 0 aromatic heterocycles. The summed E-state index contributed by atoms with van der Waals surface area (Å²) >= 11 is 0. The third-order valence-corrected chi connectivity index (χ3v) is 3.17. The van der Waals surface area contributed by atoms with E-state index in [9.17, 15) is 4.79 Å². The van der Waals surface area contributed by atoms with Crippen LogP contribution in [0.5, 0.6) is 0 Å². The molecule has 1 N–H and O–H groups in total. The SMILES string of the molecule is CC(C)(CCCCCCCCCC#N)C(=O)O. The molecule has 0 amide bonds. The van der Waals surface area contributed by atoms with Crippen molar-refractivity contribution >= 4 is 5.97 Å². The standard InChI is InChI=1S/C14H25NO2/c1-14(2,13(16)17)11-9-7-5-3-4-6-8-10-12-15/h3-11H2,1-2H3,(H,16,17). The van der Waals surface area contributed by atoms with Gasteiger partial charge >= 0.3 is 5.97 Å². The molecule has 0 aliphatic heterocycles. The molecule has 0 saturated heterocycles. The summed E-state index contributed by atoms with van der Waals surface area (Å²) in [6.45, 7) is 3.58. The van der Waals surface area contributed by atoms with E-state index in [1.807, 2.05) is 0 Å². The van der Waals surface area contributed by atoms with Crippen LogP contribution in [-0.2, 0) is 4.79 Å². The molecule has 0 saturated carbocycles. The van der Waals surface area contributed by atoms with Crippen LogP contribution < -0.4 is 0 Å². The topological polar surface area (TPSA) is 61.1 Å². The maximum atomic E-state index is 10.9. The summed E-state index contributed by atoms with van der Waals surface area (Å²) < 4.78 is 0. The zero-order chi connectivity index (χ0) is 13.1. The zero-order valence-electron chi connectivity index (χ0n) is 11.2. The van der Waals surface area contributed by atoms with Gasteiger partial charge in [0.15, 0.2) is 0 Å². The van der Waals surface area contributed by atoms with Gasteiger partial charge in [-0.05, 0) is 26.7 Å². The Bertz CT molecular complexity index is 253. The Hall–Kier alpha value is -1.04. The number of carboxylic acid groups (broad SMARTS) is 1. The van der Waals surface area contributed by atoms with Crippen molar-refractivity contribution in [1.29, 1.82) is 5.26 Å². The average molecular weight is 239 g/mol. The van der Waals surface area contributed by atoms with Gasteiger partial charge in [-0.25, -0.2) is 0 Å². The summed E-state index contributed by atoms with van der Waals surface area (Å²) in [4.78, 5) is 10.9. The van der Waals surface area contributed by atoms with Crippen LogP contribution >= 0.6 is 0 Å². The number of aliphatic carboxylic acids is 1. The van der Waals surface area contributed by atoms with Gasteiger partial charge in [0, 0.05) is 6.42 Å². The van der Waals surface area contributed by atoms with E-state index in [0.717, 1.165) is 32.1 Å². The van der Waals surface area contributed by atoms with Crippen molar-refractivity contribution in [2.24, 2.45) is 5.41 Å². The van der Waals surface area contributed by atoms with Crippen LogP contribution in [0.4, 0.5) is 0 Å². The van der Waals surface area contributed by atoms with Crippen molar-refractivity contribution < 1.29 is 9.90 Å². The Balaban J connectivity index is 3.30. The molecule has 0 rings (SSSR count). The Kier molecular flexibility index (Phi) is 8.49. The van der Waals surface area contributed by atoms with Gasteiger partial charge in [0.1, 0.15) is 0 Å². The third-order valence-electron chi connectivity index (χ3n) is 3.17. The van der Waals surface area contributed by atoms with Crippen LogP contribution in [0.1, 0.15) is 71.6 Å². The van der Waals surface area contributed by atoms with Crippen LogP contribution in [-0.4, -0.2) is 11.1 Å². The second kappa shape index (κ2) is 9.04. The summed E-state index contributed by atoms with van der Waals surface area (Å²) in [5.41, 5.74) is -0.577. The highest BCUT2D eigenvalue weighted by Gasteiger charge is 2.25. The molecular formula is C14H25NO2. The minimum absolute atomic E-state index is 0.577. The van der Waals surface area contributed by atoms with Crippen molar-refractivity contribution in [3.63, 3.8) is 0 Å². The quantitative estimate of drug-likeness (QED) is 0.583. The van der Waals surface area contributed by atoms with Crippen LogP contribution in [0.2, 0.25) is 0 Å². The summed E-state index contributed by atoms with van der Waals surface area (Å²) in [6.07, 6.45) is 9.30. The number of unbranched alkanes of at least 4 members (excludes halogenated alkanes) is 7. The van der Waals surface area contributed by atoms with Gasteiger partial charge in [-0.1, -0.05) is 38.5 Å². The summed E-state index contributed by atoms with van der Waals surface area (Å²) in [6, 6.07) is 2.15. The lowest BCUT2D eigenvalue weighted by Gasteiger charge is -2.18. The molecule has 0 aliphatic rings. The monoisotopic (exact) mass is 239 g/mol. The highest BCUT2D eigenvalue weighted by Crippen LogP contribution is 2.24. The van der Waals surface area contributed by atoms with E-state index in [1.165, 1.54) is 19.3 Å². The molecule has 0 aromatic carbocycles. The fraction of sp³-hybridized carbons (Fsp3) is 0.857. The first-order valence-electron chi connectivity index (χ1n) is 6.61. The average Bonchev–Trinajstić information content (AvgIpc) is 2.26. The van der Waals surface area contributed by atoms with Crippen LogP contribution in [0.3, 0.4) is 0 Å². The second-order valence-corrected chi connectivity index (χ2v) is 5.32. The van der Waals surface area contributed by atoms with Crippen LogP contribution in [0.15, 0.2) is 0 Å². The molecule has 0 radical (unpaired) electrons. The first kappa shape index (κ1) is 16.0.